The van der Waals surface area contributed by atoms with Crippen molar-refractivity contribution in [1.82, 2.24) is 10.2 Å². The monoisotopic (exact) mass is 174 g/mol. The molecular formula is C8H15FN2O. The number of hydrogen-bond acceptors (Lipinski definition) is 1. The number of carbonyl (C=O) groups excluding carboxylic acids is 1. The van der Waals surface area contributed by atoms with Gasteiger partial charge in [-0.3, -0.25) is 0 Å². The number of hydrogen-bond donors (Lipinski definition) is 1. The average Bonchev–Trinajstić information content (AvgIpc) is 2.31. The lowest BCUT2D eigenvalue weighted by Crippen LogP contribution is -2.39. The highest BCUT2D eigenvalue weighted by atomic mass is 19.1. The quantitative estimate of drug-likeness (QED) is 0.635. The molecule has 1 atom stereocenters. The molecule has 0 aromatic carbocycles. The van der Waals surface area contributed by atoms with Crippen molar-refractivity contribution < 1.29 is 9.18 Å². The lowest BCUT2D eigenvalue weighted by molar-refractivity contribution is 0.179. The standard InChI is InChI=1S/C8H15FN2O/c1-3-10-7(12)11-5-4-8(2,9)6-11/h3-6H2,1-2H3,(H,10,12). The van der Waals surface area contributed by atoms with Crippen LogP contribution in [0, 0.1) is 0 Å². The van der Waals surface area contributed by atoms with E-state index in [9.17, 15) is 9.18 Å². The third kappa shape index (κ3) is 2.09. The van der Waals surface area contributed by atoms with Gasteiger partial charge in [0.15, 0.2) is 0 Å². The summed E-state index contributed by atoms with van der Waals surface area (Å²) < 4.78 is 13.2. The molecule has 12 heavy (non-hydrogen) atoms. The predicted molar refractivity (Wildman–Crippen MR) is 44.8 cm³/mol. The van der Waals surface area contributed by atoms with E-state index < -0.39 is 5.67 Å². The van der Waals surface area contributed by atoms with Crippen molar-refractivity contribution in [3.8, 4) is 0 Å². The van der Waals surface area contributed by atoms with Crippen molar-refractivity contribution in [2.24, 2.45) is 0 Å². The van der Waals surface area contributed by atoms with Gasteiger partial charge < -0.3 is 10.2 Å². The first-order chi connectivity index (χ1) is 5.55. The summed E-state index contributed by atoms with van der Waals surface area (Å²) in [6.07, 6.45) is 0.449. The minimum Gasteiger partial charge on any atom is -0.338 e. The molecule has 0 spiro atoms. The Morgan fingerprint density at radius 1 is 1.75 bits per heavy atom. The molecule has 1 saturated heterocycles. The molecule has 70 valence electrons. The van der Waals surface area contributed by atoms with Crippen molar-refractivity contribution in [2.75, 3.05) is 19.6 Å². The number of alkyl halides is 1. The van der Waals surface area contributed by atoms with Crippen LogP contribution in [0.15, 0.2) is 0 Å². The Morgan fingerprint density at radius 2 is 2.42 bits per heavy atom. The minimum absolute atomic E-state index is 0.154. The molecule has 4 heteroatoms. The molecule has 3 nitrogen and oxygen atoms in total. The fourth-order valence-corrected chi connectivity index (χ4v) is 1.36. The maximum atomic E-state index is 13.2. The van der Waals surface area contributed by atoms with E-state index in [0.717, 1.165) is 0 Å². The van der Waals surface area contributed by atoms with Crippen LogP contribution < -0.4 is 5.32 Å². The van der Waals surface area contributed by atoms with Crippen LogP contribution in [-0.2, 0) is 0 Å². The molecule has 0 radical (unpaired) electrons. The lowest BCUT2D eigenvalue weighted by Gasteiger charge is -2.17. The number of likely N-dealkylation sites (tertiary alicyclic amines) is 1. The highest BCUT2D eigenvalue weighted by Crippen LogP contribution is 2.24. The summed E-state index contributed by atoms with van der Waals surface area (Å²) in [5, 5.41) is 2.65. The summed E-state index contributed by atoms with van der Waals surface area (Å²) in [6, 6.07) is -0.154. The SMILES string of the molecule is CCNC(=O)N1CCC(C)(F)C1. The molecule has 1 aliphatic heterocycles. The van der Waals surface area contributed by atoms with Crippen molar-refractivity contribution in [3.05, 3.63) is 0 Å². The Labute approximate surface area is 71.9 Å². The van der Waals surface area contributed by atoms with Gasteiger partial charge in [0, 0.05) is 19.5 Å². The van der Waals surface area contributed by atoms with Gasteiger partial charge in [-0.2, -0.15) is 0 Å². The Morgan fingerprint density at radius 3 is 2.83 bits per heavy atom. The fraction of sp³-hybridized carbons (Fsp3) is 0.875. The highest BCUT2D eigenvalue weighted by Gasteiger charge is 2.35. The van der Waals surface area contributed by atoms with E-state index in [4.69, 9.17) is 0 Å². The Bertz CT molecular complexity index is 182. The molecule has 2 amide bonds. The summed E-state index contributed by atoms with van der Waals surface area (Å²) in [7, 11) is 0. The van der Waals surface area contributed by atoms with Gasteiger partial charge in [-0.05, 0) is 13.8 Å². The molecule has 0 saturated carbocycles. The summed E-state index contributed by atoms with van der Waals surface area (Å²) >= 11 is 0. The molecule has 1 fully saturated rings. The van der Waals surface area contributed by atoms with Gasteiger partial charge in [-0.15, -0.1) is 0 Å². The van der Waals surface area contributed by atoms with Crippen LogP contribution >= 0.6 is 0 Å². The van der Waals surface area contributed by atoms with E-state index in [1.54, 1.807) is 0 Å². The Kier molecular flexibility index (Phi) is 2.55. The van der Waals surface area contributed by atoms with Gasteiger partial charge in [0.25, 0.3) is 0 Å². The predicted octanol–water partition coefficient (Wildman–Crippen LogP) is 1.15. The molecule has 1 rings (SSSR count). The fourth-order valence-electron chi connectivity index (χ4n) is 1.36. The van der Waals surface area contributed by atoms with Gasteiger partial charge in [0.05, 0.1) is 6.54 Å². The first-order valence-corrected chi connectivity index (χ1v) is 4.27. The molecular weight excluding hydrogens is 159 g/mol. The van der Waals surface area contributed by atoms with E-state index in [1.807, 2.05) is 6.92 Å². The Hall–Kier alpha value is -0.800. The number of carbonyl (C=O) groups is 1. The molecule has 0 aliphatic carbocycles. The van der Waals surface area contributed by atoms with Gasteiger partial charge >= 0.3 is 6.03 Å². The molecule has 1 aliphatic rings. The molecule has 0 bridgehead atoms. The van der Waals surface area contributed by atoms with Crippen LogP contribution in [0.5, 0.6) is 0 Å². The maximum absolute atomic E-state index is 13.2. The van der Waals surface area contributed by atoms with Crippen LogP contribution in [0.3, 0.4) is 0 Å². The topological polar surface area (TPSA) is 32.3 Å². The average molecular weight is 174 g/mol. The molecule has 0 aromatic rings. The zero-order valence-electron chi connectivity index (χ0n) is 7.56. The minimum atomic E-state index is -1.19. The number of rotatable bonds is 1. The third-order valence-electron chi connectivity index (χ3n) is 2.04. The van der Waals surface area contributed by atoms with Crippen molar-refractivity contribution in [3.63, 3.8) is 0 Å². The summed E-state index contributed by atoms with van der Waals surface area (Å²) in [4.78, 5) is 12.7. The molecule has 1 N–H and O–H groups in total. The van der Waals surface area contributed by atoms with E-state index in [2.05, 4.69) is 5.32 Å². The third-order valence-corrected chi connectivity index (χ3v) is 2.04. The largest absolute Gasteiger partial charge is 0.338 e. The number of urea groups is 1. The molecule has 0 aromatic heterocycles. The van der Waals surface area contributed by atoms with E-state index >= 15 is 0 Å². The zero-order chi connectivity index (χ0) is 9.19. The van der Waals surface area contributed by atoms with Gasteiger partial charge in [0.1, 0.15) is 5.67 Å². The van der Waals surface area contributed by atoms with Crippen LogP contribution in [0.25, 0.3) is 0 Å². The van der Waals surface area contributed by atoms with Crippen molar-refractivity contribution in [2.45, 2.75) is 25.9 Å². The Balaban J connectivity index is 2.41. The number of nitrogens with one attached hydrogen (secondary N) is 1. The second kappa shape index (κ2) is 3.29. The van der Waals surface area contributed by atoms with Gasteiger partial charge in [-0.25, -0.2) is 9.18 Å². The summed E-state index contributed by atoms with van der Waals surface area (Å²) in [5.74, 6) is 0. The van der Waals surface area contributed by atoms with Gasteiger partial charge in [0.2, 0.25) is 0 Å². The smallest absolute Gasteiger partial charge is 0.317 e. The van der Waals surface area contributed by atoms with E-state index in [0.29, 0.717) is 19.5 Å². The van der Waals surface area contributed by atoms with Crippen LogP contribution in [-0.4, -0.2) is 36.2 Å². The molecule has 1 unspecified atom stereocenters. The van der Waals surface area contributed by atoms with Crippen molar-refractivity contribution >= 4 is 6.03 Å². The highest BCUT2D eigenvalue weighted by molar-refractivity contribution is 5.74. The second-order valence-corrected chi connectivity index (χ2v) is 3.42. The number of amides is 2. The van der Waals surface area contributed by atoms with Crippen LogP contribution in [0.1, 0.15) is 20.3 Å². The molecule has 1 heterocycles. The summed E-state index contributed by atoms with van der Waals surface area (Å²) in [5.41, 5.74) is -1.19. The van der Waals surface area contributed by atoms with Crippen LogP contribution in [0.2, 0.25) is 0 Å². The van der Waals surface area contributed by atoms with Crippen LogP contribution in [0.4, 0.5) is 9.18 Å². The normalized spacial score (nSPS) is 29.1. The van der Waals surface area contributed by atoms with Crippen molar-refractivity contribution in [1.29, 1.82) is 0 Å². The number of halogens is 1. The lowest BCUT2D eigenvalue weighted by atomic mass is 10.1. The number of nitrogens with zero attached hydrogens (tertiary/aromatic N) is 1. The maximum Gasteiger partial charge on any atom is 0.317 e. The second-order valence-electron chi connectivity index (χ2n) is 3.42. The first kappa shape index (κ1) is 9.29. The zero-order valence-corrected chi connectivity index (χ0v) is 7.56. The van der Waals surface area contributed by atoms with E-state index in [-0.39, 0.29) is 12.6 Å². The summed E-state index contributed by atoms with van der Waals surface area (Å²) in [6.45, 7) is 4.73. The van der Waals surface area contributed by atoms with Gasteiger partial charge in [-0.1, -0.05) is 0 Å². The first-order valence-electron chi connectivity index (χ1n) is 4.27. The van der Waals surface area contributed by atoms with E-state index in [1.165, 1.54) is 11.8 Å².